The van der Waals surface area contributed by atoms with Crippen molar-refractivity contribution in [1.29, 1.82) is 0 Å². The number of hydrogen-bond donors (Lipinski definition) is 1. The summed E-state index contributed by atoms with van der Waals surface area (Å²) in [7, 11) is 1.95. The normalized spacial score (nSPS) is 14.5. The Hall–Kier alpha value is -1.50. The predicted molar refractivity (Wildman–Crippen MR) is 67.1 cm³/mol. The van der Waals surface area contributed by atoms with Gasteiger partial charge < -0.3 is 5.32 Å². The lowest BCUT2D eigenvalue weighted by Gasteiger charge is -2.19. The van der Waals surface area contributed by atoms with Crippen LogP contribution in [0.4, 0.5) is 5.69 Å². The Morgan fingerprint density at radius 1 is 1.40 bits per heavy atom. The smallest absolute Gasteiger partial charge is 0.0340 e. The van der Waals surface area contributed by atoms with E-state index in [1.165, 1.54) is 28.0 Å². The van der Waals surface area contributed by atoms with Crippen LogP contribution in [0.15, 0.2) is 36.4 Å². The number of fused-ring (bicyclic) bond motifs is 1. The third kappa shape index (κ3) is 1.82. The minimum atomic E-state index is 0.981. The Labute approximate surface area is 91.5 Å². The molecule has 0 radical (unpaired) electrons. The second-order valence-corrected chi connectivity index (χ2v) is 3.98. The summed E-state index contributed by atoms with van der Waals surface area (Å²) in [4.78, 5) is 0. The Kier molecular flexibility index (Phi) is 2.63. The average molecular weight is 199 g/mol. The molecule has 0 heterocycles. The molecule has 1 nitrogen and oxygen atoms in total. The van der Waals surface area contributed by atoms with Crippen LogP contribution in [0.1, 0.15) is 24.5 Å². The zero-order valence-electron chi connectivity index (χ0n) is 9.43. The first-order valence-corrected chi connectivity index (χ1v) is 5.44. The van der Waals surface area contributed by atoms with Gasteiger partial charge in [0, 0.05) is 12.7 Å². The third-order valence-electron chi connectivity index (χ3n) is 2.92. The van der Waals surface area contributed by atoms with Gasteiger partial charge in [-0.25, -0.2) is 0 Å². The zero-order chi connectivity index (χ0) is 10.8. The molecule has 0 unspecified atom stereocenters. The van der Waals surface area contributed by atoms with Gasteiger partial charge in [0.2, 0.25) is 0 Å². The molecule has 78 valence electrons. The number of allylic oxidation sites excluding steroid dienone is 3. The van der Waals surface area contributed by atoms with Crippen LogP contribution < -0.4 is 5.32 Å². The molecule has 0 atom stereocenters. The summed E-state index contributed by atoms with van der Waals surface area (Å²) in [6.45, 7) is 6.26. The Morgan fingerprint density at radius 3 is 2.87 bits per heavy atom. The van der Waals surface area contributed by atoms with E-state index in [4.69, 9.17) is 0 Å². The highest BCUT2D eigenvalue weighted by Crippen LogP contribution is 2.31. The molecule has 1 aliphatic carbocycles. The molecule has 2 rings (SSSR count). The van der Waals surface area contributed by atoms with Crippen molar-refractivity contribution in [3.05, 3.63) is 47.6 Å². The molecule has 1 aromatic carbocycles. The summed E-state index contributed by atoms with van der Waals surface area (Å²) < 4.78 is 0. The van der Waals surface area contributed by atoms with Gasteiger partial charge in [-0.2, -0.15) is 0 Å². The van der Waals surface area contributed by atoms with Gasteiger partial charge >= 0.3 is 0 Å². The van der Waals surface area contributed by atoms with E-state index in [0.29, 0.717) is 0 Å². The molecule has 0 bridgehead atoms. The molecule has 0 aliphatic heterocycles. The van der Waals surface area contributed by atoms with Crippen LogP contribution in [0.5, 0.6) is 0 Å². The average Bonchev–Trinajstić information content (AvgIpc) is 2.26. The lowest BCUT2D eigenvalue weighted by Crippen LogP contribution is -2.02. The fourth-order valence-electron chi connectivity index (χ4n) is 2.12. The van der Waals surface area contributed by atoms with Crippen LogP contribution in [0, 0.1) is 0 Å². The Morgan fingerprint density at radius 2 is 2.20 bits per heavy atom. The van der Waals surface area contributed by atoms with Crippen molar-refractivity contribution in [2.24, 2.45) is 0 Å². The van der Waals surface area contributed by atoms with E-state index in [-0.39, 0.29) is 0 Å². The van der Waals surface area contributed by atoms with Crippen LogP contribution in [-0.2, 0) is 6.42 Å². The Balaban J connectivity index is 2.50. The summed E-state index contributed by atoms with van der Waals surface area (Å²) in [6, 6.07) is 6.57. The molecular weight excluding hydrogens is 182 g/mol. The van der Waals surface area contributed by atoms with E-state index in [1.54, 1.807) is 0 Å². The van der Waals surface area contributed by atoms with E-state index < -0.39 is 0 Å². The molecule has 1 aliphatic rings. The topological polar surface area (TPSA) is 12.0 Å². The highest BCUT2D eigenvalue weighted by molar-refractivity contribution is 5.75. The zero-order valence-corrected chi connectivity index (χ0v) is 9.43. The van der Waals surface area contributed by atoms with Gasteiger partial charge in [0.25, 0.3) is 0 Å². The van der Waals surface area contributed by atoms with Gasteiger partial charge in [-0.05, 0) is 41.7 Å². The maximum atomic E-state index is 4.07. The SMILES string of the molecule is C=C1C=C(CC)c2ccc(NC)cc2C1. The molecule has 0 aromatic heterocycles. The van der Waals surface area contributed by atoms with Crippen LogP contribution in [0.3, 0.4) is 0 Å². The Bertz CT molecular complexity index is 427. The summed E-state index contributed by atoms with van der Waals surface area (Å²) in [6.07, 6.45) is 4.28. The van der Waals surface area contributed by atoms with Crippen LogP contribution >= 0.6 is 0 Å². The van der Waals surface area contributed by atoms with E-state index in [9.17, 15) is 0 Å². The second kappa shape index (κ2) is 3.93. The molecule has 0 saturated carbocycles. The third-order valence-corrected chi connectivity index (χ3v) is 2.92. The van der Waals surface area contributed by atoms with Crippen molar-refractivity contribution in [2.75, 3.05) is 12.4 Å². The molecule has 1 N–H and O–H groups in total. The number of hydrogen-bond acceptors (Lipinski definition) is 1. The number of anilines is 1. The van der Waals surface area contributed by atoms with Crippen LogP contribution in [0.2, 0.25) is 0 Å². The standard InChI is InChI=1S/C14H17N/c1-4-11-7-10(2)8-12-9-13(15-3)5-6-14(11)12/h5-7,9,15H,2,4,8H2,1,3H3. The van der Waals surface area contributed by atoms with Gasteiger partial charge in [-0.15, -0.1) is 0 Å². The van der Waals surface area contributed by atoms with Crippen molar-refractivity contribution in [2.45, 2.75) is 19.8 Å². The molecule has 0 spiro atoms. The molecule has 0 saturated heterocycles. The molecule has 1 heteroatoms. The van der Waals surface area contributed by atoms with Gasteiger partial charge in [0.05, 0.1) is 0 Å². The van der Waals surface area contributed by atoms with Crippen molar-refractivity contribution in [1.82, 2.24) is 0 Å². The minimum Gasteiger partial charge on any atom is -0.388 e. The van der Waals surface area contributed by atoms with E-state index in [1.807, 2.05) is 7.05 Å². The van der Waals surface area contributed by atoms with Crippen LogP contribution in [-0.4, -0.2) is 7.05 Å². The fourth-order valence-corrected chi connectivity index (χ4v) is 2.12. The van der Waals surface area contributed by atoms with Crippen molar-refractivity contribution in [3.8, 4) is 0 Å². The highest BCUT2D eigenvalue weighted by Gasteiger charge is 2.13. The lowest BCUT2D eigenvalue weighted by atomic mass is 9.87. The quantitative estimate of drug-likeness (QED) is 0.767. The fraction of sp³-hybridized carbons (Fsp3) is 0.286. The van der Waals surface area contributed by atoms with Crippen molar-refractivity contribution >= 4 is 11.3 Å². The number of benzene rings is 1. The van der Waals surface area contributed by atoms with Gasteiger partial charge in [-0.3, -0.25) is 0 Å². The molecule has 0 amide bonds. The summed E-state index contributed by atoms with van der Waals surface area (Å²) in [5.74, 6) is 0. The first-order chi connectivity index (χ1) is 7.24. The van der Waals surface area contributed by atoms with Gasteiger partial charge in [0.15, 0.2) is 0 Å². The monoisotopic (exact) mass is 199 g/mol. The van der Waals surface area contributed by atoms with Crippen molar-refractivity contribution < 1.29 is 0 Å². The summed E-state index contributed by atoms with van der Waals surface area (Å²) >= 11 is 0. The second-order valence-electron chi connectivity index (χ2n) is 3.98. The molecular formula is C14H17N. The number of rotatable bonds is 2. The lowest BCUT2D eigenvalue weighted by molar-refractivity contribution is 1.12. The van der Waals surface area contributed by atoms with Crippen LogP contribution in [0.25, 0.3) is 5.57 Å². The molecule has 15 heavy (non-hydrogen) atoms. The van der Waals surface area contributed by atoms with E-state index >= 15 is 0 Å². The van der Waals surface area contributed by atoms with Crippen molar-refractivity contribution in [3.63, 3.8) is 0 Å². The maximum Gasteiger partial charge on any atom is 0.0340 e. The molecule has 0 fully saturated rings. The molecule has 1 aromatic rings. The van der Waals surface area contributed by atoms with E-state index in [2.05, 4.69) is 43.1 Å². The minimum absolute atomic E-state index is 0.981. The first kappa shape index (κ1) is 10.0. The predicted octanol–water partition coefficient (Wildman–Crippen LogP) is 3.63. The summed E-state index contributed by atoms with van der Waals surface area (Å²) in [5.41, 5.74) is 6.59. The summed E-state index contributed by atoms with van der Waals surface area (Å²) in [5, 5.41) is 3.18. The largest absolute Gasteiger partial charge is 0.388 e. The number of nitrogens with one attached hydrogen (secondary N) is 1. The van der Waals surface area contributed by atoms with Gasteiger partial charge in [-0.1, -0.05) is 31.2 Å². The van der Waals surface area contributed by atoms with E-state index in [0.717, 1.165) is 12.8 Å². The first-order valence-electron chi connectivity index (χ1n) is 5.44. The highest BCUT2D eigenvalue weighted by atomic mass is 14.8. The van der Waals surface area contributed by atoms with Gasteiger partial charge in [0.1, 0.15) is 0 Å². The maximum absolute atomic E-state index is 4.07.